The van der Waals surface area contributed by atoms with Crippen LogP contribution in [-0.2, 0) is 11.2 Å². The van der Waals surface area contributed by atoms with Crippen molar-refractivity contribution in [2.75, 3.05) is 36.8 Å². The topological polar surface area (TPSA) is 88.9 Å². The maximum Gasteiger partial charge on any atom is 0.573 e. The average molecular weight is 493 g/mol. The molecule has 1 saturated heterocycles. The third-order valence-corrected chi connectivity index (χ3v) is 6.30. The Hall–Kier alpha value is -2.98. The summed E-state index contributed by atoms with van der Waals surface area (Å²) in [5, 5.41) is 5.92. The molecule has 0 bridgehead atoms. The largest absolute Gasteiger partial charge is 0.573 e. The number of nitrogens with zero attached hydrogens (tertiary/aromatic N) is 1. The van der Waals surface area contributed by atoms with E-state index >= 15 is 0 Å². The molecule has 0 spiro atoms. The number of rotatable bonds is 7. The zero-order valence-corrected chi connectivity index (χ0v) is 19.7. The highest BCUT2D eigenvalue weighted by Crippen LogP contribution is 2.35. The number of anilines is 2. The Balaban J connectivity index is 1.35. The van der Waals surface area contributed by atoms with E-state index in [1.165, 1.54) is 12.1 Å². The highest BCUT2D eigenvalue weighted by Gasteiger charge is 2.32. The molecule has 10 heteroatoms. The number of likely N-dealkylation sites (tertiary alicyclic amines) is 1. The lowest BCUT2D eigenvalue weighted by Gasteiger charge is -2.30. The minimum atomic E-state index is -4.78. The Morgan fingerprint density at radius 1 is 1.23 bits per heavy atom. The van der Waals surface area contributed by atoms with E-state index in [4.69, 9.17) is 10.5 Å². The molecule has 35 heavy (non-hydrogen) atoms. The van der Waals surface area contributed by atoms with Gasteiger partial charge in [-0.05, 0) is 76.0 Å². The number of amides is 1. The minimum absolute atomic E-state index is 0.118. The lowest BCUT2D eigenvalue weighted by Crippen LogP contribution is -2.41. The van der Waals surface area contributed by atoms with Crippen LogP contribution in [0.5, 0.6) is 11.5 Å². The molecular weight excluding hydrogens is 461 g/mol. The fraction of sp³-hybridized carbons (Fsp3) is 0.480. The van der Waals surface area contributed by atoms with Gasteiger partial charge in [-0.1, -0.05) is 17.7 Å². The van der Waals surface area contributed by atoms with Gasteiger partial charge in [-0.15, -0.1) is 13.2 Å². The minimum Gasteiger partial charge on any atom is -0.477 e. The van der Waals surface area contributed by atoms with Gasteiger partial charge in [-0.25, -0.2) is 0 Å². The van der Waals surface area contributed by atoms with Gasteiger partial charge in [0.15, 0.2) is 6.10 Å². The van der Waals surface area contributed by atoms with Crippen molar-refractivity contribution in [3.05, 3.63) is 47.5 Å². The Morgan fingerprint density at radius 2 is 2.00 bits per heavy atom. The van der Waals surface area contributed by atoms with Crippen LogP contribution in [-0.4, -0.2) is 55.5 Å². The first-order valence-electron chi connectivity index (χ1n) is 11.8. The van der Waals surface area contributed by atoms with Crippen molar-refractivity contribution in [2.45, 2.75) is 51.1 Å². The van der Waals surface area contributed by atoms with Crippen LogP contribution < -0.4 is 25.8 Å². The summed E-state index contributed by atoms with van der Waals surface area (Å²) in [6.45, 7) is 5.17. The summed E-state index contributed by atoms with van der Waals surface area (Å²) in [7, 11) is 0. The predicted octanol–water partition coefficient (Wildman–Crippen LogP) is 4.06. The summed E-state index contributed by atoms with van der Waals surface area (Å²) in [5.74, 6) is -0.392. The second-order valence-electron chi connectivity index (χ2n) is 9.13. The summed E-state index contributed by atoms with van der Waals surface area (Å²) in [6.07, 6.45) is -1.75. The number of carbonyl (C=O) groups excluding carboxylic acids is 1. The van der Waals surface area contributed by atoms with Crippen LogP contribution in [0.3, 0.4) is 0 Å². The molecule has 2 aromatic carbocycles. The molecule has 1 amide bonds. The second kappa shape index (κ2) is 10.7. The molecule has 2 aliphatic rings. The summed E-state index contributed by atoms with van der Waals surface area (Å²) in [4.78, 5) is 15.4. The highest BCUT2D eigenvalue weighted by atomic mass is 19.4. The van der Waals surface area contributed by atoms with E-state index in [0.29, 0.717) is 11.7 Å². The molecule has 7 nitrogen and oxygen atoms in total. The van der Waals surface area contributed by atoms with Crippen LogP contribution >= 0.6 is 0 Å². The molecule has 2 heterocycles. The third-order valence-electron chi connectivity index (χ3n) is 6.30. The molecule has 0 saturated carbocycles. The summed E-state index contributed by atoms with van der Waals surface area (Å²) >= 11 is 0. The quantitative estimate of drug-likeness (QED) is 0.540. The van der Waals surface area contributed by atoms with E-state index in [0.717, 1.165) is 68.2 Å². The molecule has 1 fully saturated rings. The number of benzene rings is 2. The number of carbonyl (C=O) groups is 1. The van der Waals surface area contributed by atoms with Gasteiger partial charge >= 0.3 is 6.36 Å². The number of alkyl halides is 3. The van der Waals surface area contributed by atoms with Crippen molar-refractivity contribution >= 4 is 17.3 Å². The number of aryl methyl sites for hydroxylation is 2. The normalized spacial score (nSPS) is 18.8. The molecule has 0 radical (unpaired) electrons. The first-order valence-corrected chi connectivity index (χ1v) is 11.8. The zero-order valence-electron chi connectivity index (χ0n) is 19.7. The van der Waals surface area contributed by atoms with E-state index < -0.39 is 12.5 Å². The van der Waals surface area contributed by atoms with Gasteiger partial charge in [-0.2, -0.15) is 0 Å². The van der Waals surface area contributed by atoms with Gasteiger partial charge in [0.25, 0.3) is 5.91 Å². The van der Waals surface area contributed by atoms with E-state index in [9.17, 15) is 18.0 Å². The summed E-state index contributed by atoms with van der Waals surface area (Å²) < 4.78 is 47.1. The van der Waals surface area contributed by atoms with Crippen LogP contribution in [0.25, 0.3) is 0 Å². The van der Waals surface area contributed by atoms with Crippen molar-refractivity contribution in [1.29, 1.82) is 0 Å². The van der Waals surface area contributed by atoms with Crippen molar-refractivity contribution in [1.82, 2.24) is 4.90 Å². The van der Waals surface area contributed by atoms with E-state index in [2.05, 4.69) is 26.3 Å². The van der Waals surface area contributed by atoms with Gasteiger partial charge in [0.2, 0.25) is 0 Å². The standard InChI is InChI=1S/C25H31F3N4O3/c1-16-4-6-20(17(13-16)3-2-10-32-11-8-18(29)9-12-32)31-24(33)23-15-30-21-14-19(35-25(26,27)28)5-7-22(21)34-23/h4-7,13-14,18,23,30H,2-3,8-12,15,29H2,1H3,(H,31,33). The molecule has 1 atom stereocenters. The molecular formula is C25H31F3N4O3. The van der Waals surface area contributed by atoms with Crippen molar-refractivity contribution in [2.24, 2.45) is 5.73 Å². The fourth-order valence-corrected chi connectivity index (χ4v) is 4.43. The number of hydrogen-bond acceptors (Lipinski definition) is 6. The Bertz CT molecular complexity index is 1040. The number of piperidine rings is 1. The molecule has 2 aromatic rings. The van der Waals surface area contributed by atoms with E-state index in [1.54, 1.807) is 0 Å². The van der Waals surface area contributed by atoms with Crippen LogP contribution in [0.1, 0.15) is 30.4 Å². The second-order valence-corrected chi connectivity index (χ2v) is 9.13. The molecule has 2 aliphatic heterocycles. The van der Waals surface area contributed by atoms with Crippen molar-refractivity contribution in [3.8, 4) is 11.5 Å². The smallest absolute Gasteiger partial charge is 0.477 e. The predicted molar refractivity (Wildman–Crippen MR) is 128 cm³/mol. The van der Waals surface area contributed by atoms with Gasteiger partial charge < -0.3 is 30.7 Å². The lowest BCUT2D eigenvalue weighted by atomic mass is 10.0. The molecule has 190 valence electrons. The van der Waals surface area contributed by atoms with Crippen molar-refractivity contribution in [3.63, 3.8) is 0 Å². The van der Waals surface area contributed by atoms with Gasteiger partial charge in [0.05, 0.1) is 12.2 Å². The number of nitrogens with two attached hydrogens (primary N) is 1. The molecule has 4 rings (SSSR count). The number of halogens is 3. The lowest BCUT2D eigenvalue weighted by molar-refractivity contribution is -0.274. The van der Waals surface area contributed by atoms with Crippen LogP contribution in [0.2, 0.25) is 0 Å². The number of nitrogens with one attached hydrogen (secondary N) is 2. The molecule has 0 aliphatic carbocycles. The Labute approximate surface area is 202 Å². The van der Waals surface area contributed by atoms with Gasteiger partial charge in [0, 0.05) is 17.8 Å². The van der Waals surface area contributed by atoms with Crippen LogP contribution in [0.4, 0.5) is 24.5 Å². The monoisotopic (exact) mass is 492 g/mol. The SMILES string of the molecule is Cc1ccc(NC(=O)C2CNc3cc(OC(F)(F)F)ccc3O2)c(CCCN2CCC(N)CC2)c1. The third kappa shape index (κ3) is 7.02. The first kappa shape index (κ1) is 25.1. The van der Waals surface area contributed by atoms with Gasteiger partial charge in [0.1, 0.15) is 11.5 Å². The number of ether oxygens (including phenoxy) is 2. The van der Waals surface area contributed by atoms with Gasteiger partial charge in [-0.3, -0.25) is 4.79 Å². The number of hydrogen-bond donors (Lipinski definition) is 3. The summed E-state index contributed by atoms with van der Waals surface area (Å²) in [6, 6.07) is 9.94. The highest BCUT2D eigenvalue weighted by molar-refractivity contribution is 5.96. The van der Waals surface area contributed by atoms with E-state index in [1.807, 2.05) is 19.1 Å². The number of fused-ring (bicyclic) bond motifs is 1. The van der Waals surface area contributed by atoms with E-state index in [-0.39, 0.29) is 24.0 Å². The molecule has 1 unspecified atom stereocenters. The zero-order chi connectivity index (χ0) is 25.0. The van der Waals surface area contributed by atoms with Crippen LogP contribution in [0.15, 0.2) is 36.4 Å². The van der Waals surface area contributed by atoms with Crippen LogP contribution in [0, 0.1) is 6.92 Å². The summed E-state index contributed by atoms with van der Waals surface area (Å²) in [5.41, 5.74) is 9.24. The molecule has 0 aromatic heterocycles. The Morgan fingerprint density at radius 3 is 2.74 bits per heavy atom. The molecule has 4 N–H and O–H groups in total. The van der Waals surface area contributed by atoms with Crippen molar-refractivity contribution < 1.29 is 27.4 Å². The Kier molecular flexibility index (Phi) is 7.71. The average Bonchev–Trinajstić information content (AvgIpc) is 2.80. The maximum atomic E-state index is 13.0. The fourth-order valence-electron chi connectivity index (χ4n) is 4.43. The maximum absolute atomic E-state index is 13.0. The first-order chi connectivity index (χ1) is 16.7.